The lowest BCUT2D eigenvalue weighted by molar-refractivity contribution is 0.0930. The molecule has 0 saturated heterocycles. The van der Waals surface area contributed by atoms with Gasteiger partial charge in [-0.25, -0.2) is 4.98 Å². The number of thiazole rings is 1. The molecule has 0 aliphatic carbocycles. The Hall–Kier alpha value is -1.75. The van der Waals surface area contributed by atoms with Crippen LogP contribution in [-0.2, 0) is 0 Å². The van der Waals surface area contributed by atoms with Crippen molar-refractivity contribution >= 4 is 17.2 Å². The highest BCUT2D eigenvalue weighted by Crippen LogP contribution is 2.15. The fourth-order valence-corrected chi connectivity index (χ4v) is 2.16. The molecular formula is C13H15N3OS. The number of nitrogens with one attached hydrogen (secondary N) is 1. The summed E-state index contributed by atoms with van der Waals surface area (Å²) >= 11 is 1.41. The van der Waals surface area contributed by atoms with Gasteiger partial charge in [0.15, 0.2) is 0 Å². The zero-order valence-corrected chi connectivity index (χ0v) is 11.2. The first-order chi connectivity index (χ1) is 8.70. The van der Waals surface area contributed by atoms with Gasteiger partial charge < -0.3 is 5.32 Å². The fraction of sp³-hybridized carbons (Fsp3) is 0.308. The fourth-order valence-electron chi connectivity index (χ4n) is 1.63. The molecule has 1 N–H and O–H groups in total. The van der Waals surface area contributed by atoms with Crippen molar-refractivity contribution in [2.24, 2.45) is 0 Å². The molecule has 0 spiro atoms. The molecule has 18 heavy (non-hydrogen) atoms. The van der Waals surface area contributed by atoms with Crippen molar-refractivity contribution in [3.63, 3.8) is 0 Å². The first-order valence-electron chi connectivity index (χ1n) is 5.82. The molecule has 0 aliphatic rings. The Kier molecular flexibility index (Phi) is 4.04. The van der Waals surface area contributed by atoms with Crippen LogP contribution >= 0.6 is 11.3 Å². The van der Waals surface area contributed by atoms with E-state index in [-0.39, 0.29) is 11.9 Å². The molecule has 0 unspecified atom stereocenters. The van der Waals surface area contributed by atoms with Gasteiger partial charge in [0.1, 0.15) is 5.69 Å². The van der Waals surface area contributed by atoms with Crippen LogP contribution in [0, 0.1) is 6.92 Å². The number of nitrogens with zero attached hydrogens (tertiary/aromatic N) is 2. The van der Waals surface area contributed by atoms with Gasteiger partial charge in [0.05, 0.1) is 17.2 Å². The van der Waals surface area contributed by atoms with Gasteiger partial charge in [-0.3, -0.25) is 9.78 Å². The summed E-state index contributed by atoms with van der Waals surface area (Å²) in [6, 6.07) is 3.88. The van der Waals surface area contributed by atoms with Crippen LogP contribution in [0.3, 0.4) is 0 Å². The molecule has 0 aromatic carbocycles. The molecule has 0 saturated carbocycles. The Morgan fingerprint density at radius 3 is 2.83 bits per heavy atom. The van der Waals surface area contributed by atoms with Crippen molar-refractivity contribution in [1.29, 1.82) is 0 Å². The van der Waals surface area contributed by atoms with Crippen molar-refractivity contribution in [2.75, 3.05) is 0 Å². The first kappa shape index (κ1) is 12.7. The van der Waals surface area contributed by atoms with Gasteiger partial charge in [0.25, 0.3) is 5.91 Å². The molecule has 0 bridgehead atoms. The topological polar surface area (TPSA) is 54.9 Å². The number of pyridine rings is 1. The quantitative estimate of drug-likeness (QED) is 0.920. The van der Waals surface area contributed by atoms with Crippen molar-refractivity contribution in [1.82, 2.24) is 15.3 Å². The maximum Gasteiger partial charge on any atom is 0.271 e. The summed E-state index contributed by atoms with van der Waals surface area (Å²) in [5.41, 5.74) is 4.11. The molecule has 0 fully saturated rings. The van der Waals surface area contributed by atoms with Crippen LogP contribution in [0.15, 0.2) is 29.2 Å². The van der Waals surface area contributed by atoms with E-state index in [1.165, 1.54) is 11.3 Å². The average molecular weight is 261 g/mol. The van der Waals surface area contributed by atoms with Crippen LogP contribution < -0.4 is 5.32 Å². The van der Waals surface area contributed by atoms with Crippen LogP contribution in [0.25, 0.3) is 0 Å². The van der Waals surface area contributed by atoms with Crippen molar-refractivity contribution in [3.8, 4) is 0 Å². The predicted octanol–water partition coefficient (Wildman–Crippen LogP) is 2.73. The van der Waals surface area contributed by atoms with Gasteiger partial charge in [-0.1, -0.05) is 13.0 Å². The number of hydrogen-bond donors (Lipinski definition) is 1. The van der Waals surface area contributed by atoms with Gasteiger partial charge in [-0.15, -0.1) is 11.3 Å². The van der Waals surface area contributed by atoms with E-state index >= 15 is 0 Å². The maximum absolute atomic E-state index is 11.9. The van der Waals surface area contributed by atoms with E-state index in [0.717, 1.165) is 17.7 Å². The molecular weight excluding hydrogens is 246 g/mol. The largest absolute Gasteiger partial charge is 0.342 e. The smallest absolute Gasteiger partial charge is 0.271 e. The summed E-state index contributed by atoms with van der Waals surface area (Å²) in [6.45, 7) is 4.01. The van der Waals surface area contributed by atoms with E-state index in [0.29, 0.717) is 5.69 Å². The minimum absolute atomic E-state index is 0.0696. The number of hydrogen-bond acceptors (Lipinski definition) is 4. The molecule has 2 rings (SSSR count). The number of carbonyl (C=O) groups excluding carboxylic acids is 1. The van der Waals surface area contributed by atoms with Crippen LogP contribution in [-0.4, -0.2) is 15.9 Å². The summed E-state index contributed by atoms with van der Waals surface area (Å²) < 4.78 is 0. The normalized spacial score (nSPS) is 12.1. The molecule has 0 radical (unpaired) electrons. The molecule has 2 aromatic rings. The molecule has 2 aromatic heterocycles. The second-order valence-corrected chi connectivity index (χ2v) is 4.79. The second-order valence-electron chi connectivity index (χ2n) is 4.07. The second kappa shape index (κ2) is 5.73. The van der Waals surface area contributed by atoms with E-state index in [9.17, 15) is 4.79 Å². The lowest BCUT2D eigenvalue weighted by Gasteiger charge is -2.15. The van der Waals surface area contributed by atoms with Gasteiger partial charge in [-0.2, -0.15) is 0 Å². The van der Waals surface area contributed by atoms with Gasteiger partial charge >= 0.3 is 0 Å². The molecule has 1 amide bonds. The first-order valence-corrected chi connectivity index (χ1v) is 6.76. The summed E-state index contributed by atoms with van der Waals surface area (Å²) in [5.74, 6) is -0.148. The zero-order valence-electron chi connectivity index (χ0n) is 10.4. The Bertz CT molecular complexity index is 508. The van der Waals surface area contributed by atoms with E-state index in [4.69, 9.17) is 0 Å². The van der Waals surface area contributed by atoms with Crippen LogP contribution in [0.4, 0.5) is 0 Å². The number of amides is 1. The Labute approximate surface area is 110 Å². The third-order valence-electron chi connectivity index (χ3n) is 2.67. The standard InChI is InChI=1S/C13H15N3OS/c1-3-10(11-5-4-9(2)6-14-11)16-13(17)12-7-18-8-15-12/h4-8,10H,3H2,1-2H3,(H,16,17)/t10-/m1/s1. The maximum atomic E-state index is 11.9. The summed E-state index contributed by atoms with van der Waals surface area (Å²) in [4.78, 5) is 20.3. The zero-order chi connectivity index (χ0) is 13.0. The van der Waals surface area contributed by atoms with Crippen molar-refractivity contribution in [2.45, 2.75) is 26.3 Å². The van der Waals surface area contributed by atoms with Crippen molar-refractivity contribution < 1.29 is 4.79 Å². The number of aromatic nitrogens is 2. The van der Waals surface area contributed by atoms with Crippen LogP contribution in [0.1, 0.15) is 41.1 Å². The highest BCUT2D eigenvalue weighted by Gasteiger charge is 2.16. The Morgan fingerprint density at radius 2 is 2.28 bits per heavy atom. The average Bonchev–Trinajstić information content (AvgIpc) is 2.91. The Balaban J connectivity index is 2.10. The van der Waals surface area contributed by atoms with Gasteiger partial charge in [0, 0.05) is 11.6 Å². The van der Waals surface area contributed by atoms with E-state index in [2.05, 4.69) is 15.3 Å². The summed E-state index contributed by atoms with van der Waals surface area (Å²) in [6.07, 6.45) is 2.61. The monoisotopic (exact) mass is 261 g/mol. The van der Waals surface area contributed by atoms with E-state index in [1.807, 2.05) is 32.2 Å². The summed E-state index contributed by atoms with van der Waals surface area (Å²) in [7, 11) is 0. The Morgan fingerprint density at radius 1 is 1.44 bits per heavy atom. The van der Waals surface area contributed by atoms with Crippen LogP contribution in [0.2, 0.25) is 0 Å². The lowest BCUT2D eigenvalue weighted by Crippen LogP contribution is -2.28. The third kappa shape index (κ3) is 2.92. The highest BCUT2D eigenvalue weighted by molar-refractivity contribution is 7.07. The number of rotatable bonds is 4. The van der Waals surface area contributed by atoms with E-state index < -0.39 is 0 Å². The third-order valence-corrected chi connectivity index (χ3v) is 3.26. The number of aryl methyl sites for hydroxylation is 1. The number of carbonyl (C=O) groups is 1. The highest BCUT2D eigenvalue weighted by atomic mass is 32.1. The van der Waals surface area contributed by atoms with Crippen LogP contribution in [0.5, 0.6) is 0 Å². The molecule has 0 aliphatic heterocycles. The molecule has 5 heteroatoms. The molecule has 2 heterocycles. The predicted molar refractivity (Wildman–Crippen MR) is 71.6 cm³/mol. The molecule has 1 atom stereocenters. The lowest BCUT2D eigenvalue weighted by atomic mass is 10.1. The van der Waals surface area contributed by atoms with Crippen molar-refractivity contribution in [3.05, 3.63) is 46.2 Å². The molecule has 94 valence electrons. The van der Waals surface area contributed by atoms with E-state index in [1.54, 1.807) is 10.9 Å². The SMILES string of the molecule is CC[C@@H](NC(=O)c1cscn1)c1ccc(C)cn1. The van der Waals surface area contributed by atoms with Gasteiger partial charge in [0.2, 0.25) is 0 Å². The minimum Gasteiger partial charge on any atom is -0.342 e. The summed E-state index contributed by atoms with van der Waals surface area (Å²) in [5, 5.41) is 4.69. The molecule has 4 nitrogen and oxygen atoms in total. The van der Waals surface area contributed by atoms with Gasteiger partial charge in [-0.05, 0) is 25.0 Å². The minimum atomic E-state index is -0.148.